The van der Waals surface area contributed by atoms with E-state index in [1.54, 1.807) is 0 Å². The molecule has 0 heterocycles. The van der Waals surface area contributed by atoms with Crippen LogP contribution in [0.25, 0.3) is 11.1 Å². The summed E-state index contributed by atoms with van der Waals surface area (Å²) in [5.41, 5.74) is -6.51. The van der Waals surface area contributed by atoms with Crippen LogP contribution in [0.3, 0.4) is 0 Å². The highest BCUT2D eigenvalue weighted by Gasteiger charge is 2.72. The van der Waals surface area contributed by atoms with Gasteiger partial charge < -0.3 is 10.2 Å². The minimum atomic E-state index is -5.80. The Morgan fingerprint density at radius 1 is 0.515 bits per heavy atom. The maximum Gasteiger partial charge on any atom is 0.411 e. The second kappa shape index (κ2) is 8.27. The summed E-state index contributed by atoms with van der Waals surface area (Å²) in [6, 6.07) is 11.2. The molecule has 3 aromatic rings. The lowest BCUT2D eigenvalue weighted by molar-refractivity contribution is -0.288. The highest BCUT2D eigenvalue weighted by molar-refractivity contribution is 5.88. The molecular formula is C23H14F6O4. The van der Waals surface area contributed by atoms with E-state index in [0.29, 0.717) is 42.0 Å². The topological polar surface area (TPSA) is 74.6 Å². The monoisotopic (exact) mass is 468 g/mol. The zero-order chi connectivity index (χ0) is 24.6. The molecule has 0 fully saturated rings. The summed E-state index contributed by atoms with van der Waals surface area (Å²) in [6.07, 6.45) is -11.6. The number of hydrogen-bond donors (Lipinski definition) is 2. The number of halogens is 6. The van der Waals surface area contributed by atoms with Crippen LogP contribution < -0.4 is 0 Å². The Labute approximate surface area is 182 Å². The van der Waals surface area contributed by atoms with Gasteiger partial charge in [0.1, 0.15) is 0 Å². The number of aromatic carboxylic acids is 2. The molecule has 0 bridgehead atoms. The van der Waals surface area contributed by atoms with Gasteiger partial charge in [-0.1, -0.05) is 48.5 Å². The number of rotatable bonds is 5. The van der Waals surface area contributed by atoms with E-state index in [9.17, 15) is 35.9 Å². The molecular weight excluding hydrogens is 454 g/mol. The first-order valence-corrected chi connectivity index (χ1v) is 9.20. The van der Waals surface area contributed by atoms with Gasteiger partial charge in [0.25, 0.3) is 0 Å². The van der Waals surface area contributed by atoms with Crippen molar-refractivity contribution in [2.24, 2.45) is 0 Å². The van der Waals surface area contributed by atoms with Crippen LogP contribution in [0.15, 0.2) is 72.8 Å². The summed E-state index contributed by atoms with van der Waals surface area (Å²) in [4.78, 5) is 21.9. The standard InChI is InChI=1S/C23H14F6O4/c24-22(25,26)21(23(27,28)29,18-11-7-16(8-12-18)20(32)33)17-9-5-14(6-10-17)13-1-3-15(4-2-13)19(30)31/h1-12H,(H,30,31)(H,32,33). The van der Waals surface area contributed by atoms with Gasteiger partial charge in [0.2, 0.25) is 5.41 Å². The highest BCUT2D eigenvalue weighted by Crippen LogP contribution is 2.56. The lowest BCUT2D eigenvalue weighted by atomic mass is 9.72. The molecule has 0 aliphatic heterocycles. The van der Waals surface area contributed by atoms with Gasteiger partial charge in [-0.3, -0.25) is 0 Å². The van der Waals surface area contributed by atoms with Crippen LogP contribution in [0, 0.1) is 0 Å². The molecule has 172 valence electrons. The molecule has 0 aromatic heterocycles. The predicted octanol–water partition coefficient (Wildman–Crippen LogP) is 6.16. The van der Waals surface area contributed by atoms with E-state index in [1.165, 1.54) is 24.3 Å². The van der Waals surface area contributed by atoms with Gasteiger partial charge in [-0.2, -0.15) is 26.3 Å². The molecule has 0 spiro atoms. The third kappa shape index (κ3) is 4.15. The van der Waals surface area contributed by atoms with E-state index in [-0.39, 0.29) is 11.1 Å². The molecule has 33 heavy (non-hydrogen) atoms. The predicted molar refractivity (Wildman–Crippen MR) is 105 cm³/mol. The third-order valence-corrected chi connectivity index (χ3v) is 5.20. The van der Waals surface area contributed by atoms with Crippen LogP contribution in [0.4, 0.5) is 26.3 Å². The first kappa shape index (κ1) is 23.8. The lowest BCUT2D eigenvalue weighted by Gasteiger charge is -2.38. The molecule has 0 aliphatic carbocycles. The molecule has 0 amide bonds. The van der Waals surface area contributed by atoms with E-state index >= 15 is 0 Å². The quantitative estimate of drug-likeness (QED) is 0.440. The number of benzene rings is 3. The van der Waals surface area contributed by atoms with Crippen LogP contribution in [-0.4, -0.2) is 34.5 Å². The van der Waals surface area contributed by atoms with E-state index in [1.807, 2.05) is 0 Å². The highest BCUT2D eigenvalue weighted by atomic mass is 19.4. The van der Waals surface area contributed by atoms with E-state index in [2.05, 4.69) is 0 Å². The fraction of sp³-hybridized carbons (Fsp3) is 0.130. The Bertz CT molecular complexity index is 1150. The van der Waals surface area contributed by atoms with Gasteiger partial charge in [0.05, 0.1) is 11.1 Å². The number of hydrogen-bond acceptors (Lipinski definition) is 2. The van der Waals surface area contributed by atoms with Crippen molar-refractivity contribution in [1.82, 2.24) is 0 Å². The second-order valence-electron chi connectivity index (χ2n) is 7.09. The number of carbonyl (C=O) groups is 2. The van der Waals surface area contributed by atoms with Crippen molar-refractivity contribution in [2.75, 3.05) is 0 Å². The van der Waals surface area contributed by atoms with Crippen molar-refractivity contribution in [3.05, 3.63) is 95.1 Å². The average molecular weight is 468 g/mol. The Morgan fingerprint density at radius 2 is 0.788 bits per heavy atom. The molecule has 0 saturated carbocycles. The number of alkyl halides is 6. The van der Waals surface area contributed by atoms with Crippen molar-refractivity contribution in [2.45, 2.75) is 17.8 Å². The summed E-state index contributed by atoms with van der Waals surface area (Å²) < 4.78 is 84.9. The van der Waals surface area contributed by atoms with E-state index in [4.69, 9.17) is 10.2 Å². The summed E-state index contributed by atoms with van der Waals surface area (Å²) >= 11 is 0. The van der Waals surface area contributed by atoms with Gasteiger partial charge in [-0.05, 0) is 46.5 Å². The van der Waals surface area contributed by atoms with Gasteiger partial charge in [0.15, 0.2) is 0 Å². The summed E-state index contributed by atoms with van der Waals surface area (Å²) in [6.45, 7) is 0. The molecule has 2 N–H and O–H groups in total. The van der Waals surface area contributed by atoms with Crippen molar-refractivity contribution >= 4 is 11.9 Å². The third-order valence-electron chi connectivity index (χ3n) is 5.20. The largest absolute Gasteiger partial charge is 0.478 e. The fourth-order valence-corrected chi connectivity index (χ4v) is 3.56. The van der Waals surface area contributed by atoms with E-state index in [0.717, 1.165) is 12.1 Å². The minimum absolute atomic E-state index is 0.0339. The number of carboxylic acids is 2. The van der Waals surface area contributed by atoms with Crippen LogP contribution >= 0.6 is 0 Å². The fourth-order valence-electron chi connectivity index (χ4n) is 3.56. The van der Waals surface area contributed by atoms with Crippen LogP contribution in [-0.2, 0) is 5.41 Å². The number of carboxylic acid groups (broad SMARTS) is 2. The molecule has 4 nitrogen and oxygen atoms in total. The molecule has 0 unspecified atom stereocenters. The lowest BCUT2D eigenvalue weighted by Crippen LogP contribution is -2.54. The van der Waals surface area contributed by atoms with Crippen molar-refractivity contribution in [3.63, 3.8) is 0 Å². The van der Waals surface area contributed by atoms with Gasteiger partial charge in [-0.15, -0.1) is 0 Å². The molecule has 3 rings (SSSR count). The SMILES string of the molecule is O=C(O)c1ccc(-c2ccc(C(c3ccc(C(=O)O)cc3)(C(F)(F)F)C(F)(F)F)cc2)cc1. The first-order valence-electron chi connectivity index (χ1n) is 9.20. The zero-order valence-electron chi connectivity index (χ0n) is 16.4. The minimum Gasteiger partial charge on any atom is -0.478 e. The maximum absolute atomic E-state index is 14.2. The second-order valence-corrected chi connectivity index (χ2v) is 7.09. The van der Waals surface area contributed by atoms with Crippen molar-refractivity contribution in [3.8, 4) is 11.1 Å². The van der Waals surface area contributed by atoms with Crippen LogP contribution in [0.1, 0.15) is 31.8 Å². The zero-order valence-corrected chi connectivity index (χ0v) is 16.4. The molecule has 0 radical (unpaired) electrons. The van der Waals surface area contributed by atoms with E-state index < -0.39 is 46.4 Å². The normalized spacial score (nSPS) is 12.4. The van der Waals surface area contributed by atoms with Gasteiger partial charge in [-0.25, -0.2) is 9.59 Å². The summed E-state index contributed by atoms with van der Waals surface area (Å²) in [5.74, 6) is -2.68. The van der Waals surface area contributed by atoms with Crippen LogP contribution in [0.2, 0.25) is 0 Å². The molecule has 0 saturated heterocycles. The van der Waals surface area contributed by atoms with Crippen molar-refractivity contribution in [1.29, 1.82) is 0 Å². The van der Waals surface area contributed by atoms with Gasteiger partial charge >= 0.3 is 24.3 Å². The molecule has 10 heteroatoms. The average Bonchev–Trinajstić information content (AvgIpc) is 2.73. The summed E-state index contributed by atoms with van der Waals surface area (Å²) in [5, 5.41) is 17.9. The Hall–Kier alpha value is -3.82. The summed E-state index contributed by atoms with van der Waals surface area (Å²) in [7, 11) is 0. The Morgan fingerprint density at radius 3 is 1.09 bits per heavy atom. The molecule has 0 atom stereocenters. The first-order chi connectivity index (χ1) is 15.3. The van der Waals surface area contributed by atoms with Gasteiger partial charge in [0, 0.05) is 0 Å². The molecule has 0 aliphatic rings. The smallest absolute Gasteiger partial charge is 0.411 e. The Kier molecular flexibility index (Phi) is 5.97. The van der Waals surface area contributed by atoms with Crippen LogP contribution in [0.5, 0.6) is 0 Å². The Balaban J connectivity index is 2.17. The van der Waals surface area contributed by atoms with Crippen molar-refractivity contribution < 1.29 is 46.1 Å². The molecule has 3 aromatic carbocycles. The maximum atomic E-state index is 14.2.